The molecule has 1 amide bonds. The standard InChI is InChI=1S/C9H10INOS/c10-7-4-5-13-8(7)9(12)11-6-2-1-3-6/h4-6H,1-3H2,(H,11,12). The monoisotopic (exact) mass is 307 g/mol. The average Bonchev–Trinajstić information content (AvgIpc) is 2.43. The zero-order chi connectivity index (χ0) is 9.26. The minimum Gasteiger partial charge on any atom is -0.349 e. The third-order valence-electron chi connectivity index (χ3n) is 2.26. The summed E-state index contributed by atoms with van der Waals surface area (Å²) in [7, 11) is 0. The van der Waals surface area contributed by atoms with E-state index in [-0.39, 0.29) is 5.91 Å². The Morgan fingerprint density at radius 1 is 1.62 bits per heavy atom. The van der Waals surface area contributed by atoms with Gasteiger partial charge in [0.2, 0.25) is 0 Å². The Kier molecular flexibility index (Phi) is 2.88. The molecule has 0 unspecified atom stereocenters. The van der Waals surface area contributed by atoms with Gasteiger partial charge >= 0.3 is 0 Å². The van der Waals surface area contributed by atoms with Crippen LogP contribution in [-0.4, -0.2) is 11.9 Å². The Balaban J connectivity index is 2.00. The predicted octanol–water partition coefficient (Wildman–Crippen LogP) is 2.64. The van der Waals surface area contributed by atoms with Gasteiger partial charge in [0.25, 0.3) is 5.91 Å². The van der Waals surface area contributed by atoms with Crippen molar-refractivity contribution < 1.29 is 4.79 Å². The lowest BCUT2D eigenvalue weighted by molar-refractivity contribution is 0.0920. The lowest BCUT2D eigenvalue weighted by Gasteiger charge is -2.26. The lowest BCUT2D eigenvalue weighted by atomic mass is 9.93. The van der Waals surface area contributed by atoms with E-state index in [9.17, 15) is 4.79 Å². The van der Waals surface area contributed by atoms with E-state index in [4.69, 9.17) is 0 Å². The van der Waals surface area contributed by atoms with Gasteiger partial charge in [-0.3, -0.25) is 4.79 Å². The summed E-state index contributed by atoms with van der Waals surface area (Å²) < 4.78 is 1.06. The molecule has 1 aliphatic rings. The van der Waals surface area contributed by atoms with E-state index in [1.807, 2.05) is 11.4 Å². The molecule has 1 aromatic heterocycles. The van der Waals surface area contributed by atoms with Gasteiger partial charge in [-0.2, -0.15) is 0 Å². The third-order valence-corrected chi connectivity index (χ3v) is 4.44. The zero-order valence-corrected chi connectivity index (χ0v) is 10.0. The van der Waals surface area contributed by atoms with Gasteiger partial charge in [-0.15, -0.1) is 11.3 Å². The first-order chi connectivity index (χ1) is 6.27. The Labute approximate surface area is 94.9 Å². The molecular weight excluding hydrogens is 297 g/mol. The molecule has 0 bridgehead atoms. The van der Waals surface area contributed by atoms with Crippen molar-refractivity contribution in [3.8, 4) is 0 Å². The van der Waals surface area contributed by atoms with Crippen LogP contribution < -0.4 is 5.32 Å². The lowest BCUT2D eigenvalue weighted by Crippen LogP contribution is -2.39. The molecule has 0 radical (unpaired) electrons. The number of halogens is 1. The summed E-state index contributed by atoms with van der Waals surface area (Å²) in [4.78, 5) is 12.5. The summed E-state index contributed by atoms with van der Waals surface area (Å²) in [6.07, 6.45) is 3.55. The summed E-state index contributed by atoms with van der Waals surface area (Å²) >= 11 is 3.71. The van der Waals surface area contributed by atoms with Crippen LogP contribution in [0.1, 0.15) is 28.9 Å². The zero-order valence-electron chi connectivity index (χ0n) is 7.05. The summed E-state index contributed by atoms with van der Waals surface area (Å²) in [5.74, 6) is 0.101. The van der Waals surface area contributed by atoms with Crippen molar-refractivity contribution in [3.63, 3.8) is 0 Å². The molecular formula is C9H10INOS. The molecule has 2 nitrogen and oxygen atoms in total. The normalized spacial score (nSPS) is 16.7. The van der Waals surface area contributed by atoms with Crippen LogP contribution in [0.25, 0.3) is 0 Å². The van der Waals surface area contributed by atoms with Crippen molar-refractivity contribution in [2.45, 2.75) is 25.3 Å². The van der Waals surface area contributed by atoms with Crippen LogP contribution in [0.2, 0.25) is 0 Å². The maximum Gasteiger partial charge on any atom is 0.262 e. The Hall–Kier alpha value is -0.100. The van der Waals surface area contributed by atoms with Gasteiger partial charge in [0.1, 0.15) is 4.88 Å². The number of hydrogen-bond acceptors (Lipinski definition) is 2. The summed E-state index contributed by atoms with van der Waals surface area (Å²) in [5.41, 5.74) is 0. The molecule has 1 aliphatic carbocycles. The number of rotatable bonds is 2. The van der Waals surface area contributed by atoms with Gasteiger partial charge in [0.15, 0.2) is 0 Å². The van der Waals surface area contributed by atoms with Crippen molar-refractivity contribution in [1.29, 1.82) is 0 Å². The SMILES string of the molecule is O=C(NC1CCC1)c1sccc1I. The largest absolute Gasteiger partial charge is 0.349 e. The first-order valence-corrected chi connectivity index (χ1v) is 6.27. The van der Waals surface area contributed by atoms with Crippen molar-refractivity contribution in [1.82, 2.24) is 5.32 Å². The second-order valence-electron chi connectivity index (χ2n) is 3.20. The first-order valence-electron chi connectivity index (χ1n) is 4.31. The number of hydrogen-bond donors (Lipinski definition) is 1. The molecule has 0 atom stereocenters. The minimum atomic E-state index is 0.101. The van der Waals surface area contributed by atoms with E-state index in [1.165, 1.54) is 17.8 Å². The smallest absolute Gasteiger partial charge is 0.262 e. The number of carbonyl (C=O) groups is 1. The van der Waals surface area contributed by atoms with E-state index < -0.39 is 0 Å². The molecule has 0 aliphatic heterocycles. The predicted molar refractivity (Wildman–Crippen MR) is 62.1 cm³/mol. The van der Waals surface area contributed by atoms with Gasteiger partial charge in [-0.1, -0.05) is 0 Å². The second kappa shape index (κ2) is 3.96. The fourth-order valence-corrected chi connectivity index (χ4v) is 3.00. The van der Waals surface area contributed by atoms with E-state index in [0.717, 1.165) is 21.3 Å². The van der Waals surface area contributed by atoms with Crippen molar-refractivity contribution in [2.75, 3.05) is 0 Å². The molecule has 0 spiro atoms. The fraction of sp³-hybridized carbons (Fsp3) is 0.444. The molecule has 4 heteroatoms. The van der Waals surface area contributed by atoms with Crippen molar-refractivity contribution >= 4 is 39.8 Å². The molecule has 70 valence electrons. The van der Waals surface area contributed by atoms with Crippen LogP contribution in [0.5, 0.6) is 0 Å². The number of amides is 1. The maximum absolute atomic E-state index is 11.6. The minimum absolute atomic E-state index is 0.101. The van der Waals surface area contributed by atoms with E-state index in [1.54, 1.807) is 0 Å². The fourth-order valence-electron chi connectivity index (χ4n) is 1.26. The number of nitrogens with one attached hydrogen (secondary N) is 1. The van der Waals surface area contributed by atoms with Crippen LogP contribution in [-0.2, 0) is 0 Å². The second-order valence-corrected chi connectivity index (χ2v) is 5.28. The molecule has 1 N–H and O–H groups in total. The number of thiophene rings is 1. The summed E-state index contributed by atoms with van der Waals surface area (Å²) in [5, 5.41) is 4.98. The van der Waals surface area contributed by atoms with Crippen molar-refractivity contribution in [2.24, 2.45) is 0 Å². The van der Waals surface area contributed by atoms with Crippen LogP contribution >= 0.6 is 33.9 Å². The van der Waals surface area contributed by atoms with E-state index in [0.29, 0.717) is 6.04 Å². The molecule has 13 heavy (non-hydrogen) atoms. The highest BCUT2D eigenvalue weighted by atomic mass is 127. The average molecular weight is 307 g/mol. The Morgan fingerprint density at radius 2 is 2.38 bits per heavy atom. The van der Waals surface area contributed by atoms with E-state index >= 15 is 0 Å². The number of carbonyl (C=O) groups excluding carboxylic acids is 1. The van der Waals surface area contributed by atoms with E-state index in [2.05, 4.69) is 27.9 Å². The molecule has 0 aromatic carbocycles. The highest BCUT2D eigenvalue weighted by Gasteiger charge is 2.21. The molecule has 0 saturated heterocycles. The summed E-state index contributed by atoms with van der Waals surface area (Å²) in [6, 6.07) is 2.41. The summed E-state index contributed by atoms with van der Waals surface area (Å²) in [6.45, 7) is 0. The third kappa shape index (κ3) is 2.04. The maximum atomic E-state index is 11.6. The Morgan fingerprint density at radius 3 is 2.85 bits per heavy atom. The van der Waals surface area contributed by atoms with Gasteiger partial charge < -0.3 is 5.32 Å². The van der Waals surface area contributed by atoms with Crippen LogP contribution in [0, 0.1) is 3.57 Å². The first kappa shape index (κ1) is 9.45. The molecule has 1 fully saturated rings. The van der Waals surface area contributed by atoms with Crippen LogP contribution in [0.3, 0.4) is 0 Å². The quantitative estimate of drug-likeness (QED) is 0.836. The molecule has 1 heterocycles. The van der Waals surface area contributed by atoms with Gasteiger partial charge in [-0.25, -0.2) is 0 Å². The molecule has 2 rings (SSSR count). The van der Waals surface area contributed by atoms with Crippen molar-refractivity contribution in [3.05, 3.63) is 19.9 Å². The van der Waals surface area contributed by atoms with Crippen LogP contribution in [0.15, 0.2) is 11.4 Å². The van der Waals surface area contributed by atoms with Gasteiger partial charge in [0, 0.05) is 9.61 Å². The van der Waals surface area contributed by atoms with Gasteiger partial charge in [-0.05, 0) is 53.3 Å². The molecule has 1 aromatic rings. The van der Waals surface area contributed by atoms with Gasteiger partial charge in [0.05, 0.1) is 0 Å². The highest BCUT2D eigenvalue weighted by molar-refractivity contribution is 14.1. The highest BCUT2D eigenvalue weighted by Crippen LogP contribution is 2.22. The molecule has 1 saturated carbocycles. The van der Waals surface area contributed by atoms with Crippen LogP contribution in [0.4, 0.5) is 0 Å². The Bertz CT molecular complexity index is 319. The topological polar surface area (TPSA) is 29.1 Å².